The standard InChI is InChI=1S/C28H26N4O6S/c1-20-8-14-24(15-9-20)39(35,36)38-32(26-7-3-2-6-25(26)29)27(33)23-12-10-21(11-13-23)18-31-28(34)37-19-22-5-4-16-30-17-22/h2-17H,18-19,29H2,1H3,(H,31,34). The zero-order chi connectivity index (χ0) is 27.8. The summed E-state index contributed by atoms with van der Waals surface area (Å²) in [5, 5.41) is 3.29. The number of benzene rings is 3. The largest absolute Gasteiger partial charge is 0.445 e. The molecule has 0 unspecified atom stereocenters. The number of aromatic nitrogens is 1. The molecule has 0 aliphatic carbocycles. The lowest BCUT2D eigenvalue weighted by atomic mass is 10.1. The van der Waals surface area contributed by atoms with Crippen LogP contribution in [0.2, 0.25) is 0 Å². The number of amides is 2. The summed E-state index contributed by atoms with van der Waals surface area (Å²) in [4.78, 5) is 29.3. The quantitative estimate of drug-likeness (QED) is 0.233. The van der Waals surface area contributed by atoms with Crippen molar-refractivity contribution in [2.75, 3.05) is 10.8 Å². The molecule has 0 saturated heterocycles. The number of nitrogens with one attached hydrogen (secondary N) is 1. The van der Waals surface area contributed by atoms with E-state index in [-0.39, 0.29) is 35.0 Å². The average molecular weight is 547 g/mol. The predicted octanol–water partition coefficient (Wildman–Crippen LogP) is 4.37. The molecule has 0 aliphatic heterocycles. The Morgan fingerprint density at radius 2 is 1.64 bits per heavy atom. The summed E-state index contributed by atoms with van der Waals surface area (Å²) in [5.74, 6) is -0.751. The molecular weight excluding hydrogens is 520 g/mol. The highest BCUT2D eigenvalue weighted by Crippen LogP contribution is 2.27. The molecule has 0 radical (unpaired) electrons. The van der Waals surface area contributed by atoms with Gasteiger partial charge in [-0.3, -0.25) is 9.78 Å². The minimum atomic E-state index is -4.36. The minimum Gasteiger partial charge on any atom is -0.445 e. The van der Waals surface area contributed by atoms with Gasteiger partial charge in [-0.05, 0) is 55.0 Å². The fourth-order valence-electron chi connectivity index (χ4n) is 3.44. The van der Waals surface area contributed by atoms with Crippen molar-refractivity contribution in [2.24, 2.45) is 0 Å². The number of rotatable bonds is 9. The van der Waals surface area contributed by atoms with Crippen LogP contribution in [0, 0.1) is 6.92 Å². The SMILES string of the molecule is Cc1ccc(S(=O)(=O)ON(C(=O)c2ccc(CNC(=O)OCc3cccnc3)cc2)c2ccccc2N)cc1. The maximum atomic E-state index is 13.4. The summed E-state index contributed by atoms with van der Waals surface area (Å²) < 4.78 is 36.5. The van der Waals surface area contributed by atoms with Gasteiger partial charge in [-0.25, -0.2) is 4.79 Å². The van der Waals surface area contributed by atoms with E-state index < -0.39 is 22.1 Å². The van der Waals surface area contributed by atoms with E-state index in [4.69, 9.17) is 14.8 Å². The van der Waals surface area contributed by atoms with Crippen LogP contribution >= 0.6 is 0 Å². The average Bonchev–Trinajstić information content (AvgIpc) is 2.95. The van der Waals surface area contributed by atoms with E-state index in [0.717, 1.165) is 11.1 Å². The number of ether oxygens (including phenoxy) is 1. The third-order valence-corrected chi connectivity index (χ3v) is 6.75. The van der Waals surface area contributed by atoms with Crippen molar-refractivity contribution in [1.82, 2.24) is 10.3 Å². The maximum absolute atomic E-state index is 13.4. The van der Waals surface area contributed by atoms with Gasteiger partial charge >= 0.3 is 16.2 Å². The number of hydrogen-bond acceptors (Lipinski definition) is 8. The van der Waals surface area contributed by atoms with E-state index in [1.54, 1.807) is 60.9 Å². The summed E-state index contributed by atoms with van der Waals surface area (Å²) in [6, 6.07) is 22.1. The molecule has 3 N–H and O–H groups in total. The van der Waals surface area contributed by atoms with Gasteiger partial charge in [0.05, 0.1) is 16.3 Å². The van der Waals surface area contributed by atoms with E-state index in [1.165, 1.54) is 36.4 Å². The Hall–Kier alpha value is -4.74. The lowest BCUT2D eigenvalue weighted by molar-refractivity contribution is 0.0885. The summed E-state index contributed by atoms with van der Waals surface area (Å²) in [6.07, 6.45) is 2.62. The number of aryl methyl sites for hydroxylation is 1. The Morgan fingerprint density at radius 1 is 0.923 bits per heavy atom. The number of nitrogen functional groups attached to an aromatic ring is 1. The van der Waals surface area contributed by atoms with Crippen LogP contribution in [0.25, 0.3) is 0 Å². The number of anilines is 2. The molecule has 0 spiro atoms. The molecular formula is C28H26N4O6S. The van der Waals surface area contributed by atoms with Crippen LogP contribution in [0.1, 0.15) is 27.0 Å². The highest BCUT2D eigenvalue weighted by atomic mass is 32.2. The fraction of sp³-hybridized carbons (Fsp3) is 0.107. The Kier molecular flexibility index (Phi) is 8.54. The van der Waals surface area contributed by atoms with E-state index in [2.05, 4.69) is 10.3 Å². The Bertz CT molecular complexity index is 1540. The van der Waals surface area contributed by atoms with Gasteiger partial charge in [-0.2, -0.15) is 13.5 Å². The molecule has 1 heterocycles. The molecule has 200 valence electrons. The number of alkyl carbamates (subject to hydrolysis) is 1. The van der Waals surface area contributed by atoms with Crippen molar-refractivity contribution in [2.45, 2.75) is 25.0 Å². The Labute approximate surface area is 226 Å². The van der Waals surface area contributed by atoms with Crippen molar-refractivity contribution < 1.29 is 27.0 Å². The first-order valence-corrected chi connectivity index (χ1v) is 13.2. The van der Waals surface area contributed by atoms with Gasteiger partial charge in [0, 0.05) is 30.1 Å². The normalized spacial score (nSPS) is 11.0. The number of para-hydroxylation sites is 2. The second-order valence-corrected chi connectivity index (χ2v) is 10.0. The zero-order valence-corrected chi connectivity index (χ0v) is 21.8. The molecule has 39 heavy (non-hydrogen) atoms. The second-order valence-electron chi connectivity index (χ2n) is 8.49. The summed E-state index contributed by atoms with van der Waals surface area (Å²) in [7, 11) is -4.36. The van der Waals surface area contributed by atoms with Crippen molar-refractivity contribution in [1.29, 1.82) is 0 Å². The van der Waals surface area contributed by atoms with Crippen LogP contribution in [0.15, 0.2) is 102 Å². The third-order valence-electron chi connectivity index (χ3n) is 5.55. The third kappa shape index (κ3) is 7.18. The summed E-state index contributed by atoms with van der Waals surface area (Å²) in [6.45, 7) is 2.05. The molecule has 1 aromatic heterocycles. The topological polar surface area (TPSA) is 141 Å². The molecule has 4 rings (SSSR count). The van der Waals surface area contributed by atoms with Gasteiger partial charge in [0.25, 0.3) is 5.91 Å². The predicted molar refractivity (Wildman–Crippen MR) is 145 cm³/mol. The molecule has 0 bridgehead atoms. The summed E-state index contributed by atoms with van der Waals surface area (Å²) >= 11 is 0. The molecule has 0 fully saturated rings. The molecule has 2 amide bonds. The molecule has 10 nitrogen and oxygen atoms in total. The number of nitrogens with two attached hydrogens (primary N) is 1. The van der Waals surface area contributed by atoms with Crippen LogP contribution in [-0.4, -0.2) is 25.4 Å². The van der Waals surface area contributed by atoms with Crippen LogP contribution in [0.4, 0.5) is 16.2 Å². The van der Waals surface area contributed by atoms with Crippen LogP contribution in [0.5, 0.6) is 0 Å². The highest BCUT2D eigenvalue weighted by Gasteiger charge is 2.28. The Morgan fingerprint density at radius 3 is 2.31 bits per heavy atom. The maximum Gasteiger partial charge on any atom is 0.407 e. The number of nitrogens with zero attached hydrogens (tertiary/aromatic N) is 2. The van der Waals surface area contributed by atoms with Crippen molar-refractivity contribution in [3.05, 3.63) is 120 Å². The van der Waals surface area contributed by atoms with Crippen LogP contribution < -0.4 is 16.1 Å². The first-order valence-electron chi connectivity index (χ1n) is 11.8. The molecule has 0 saturated carbocycles. The highest BCUT2D eigenvalue weighted by molar-refractivity contribution is 7.86. The van der Waals surface area contributed by atoms with E-state index in [9.17, 15) is 18.0 Å². The van der Waals surface area contributed by atoms with E-state index >= 15 is 0 Å². The van der Waals surface area contributed by atoms with Crippen molar-refractivity contribution in [3.8, 4) is 0 Å². The molecule has 11 heteroatoms. The van der Waals surface area contributed by atoms with Gasteiger partial charge in [-0.1, -0.05) is 48.0 Å². The number of carbonyl (C=O) groups excluding carboxylic acids is 2. The molecule has 3 aromatic carbocycles. The van der Waals surface area contributed by atoms with Gasteiger partial charge in [0.2, 0.25) is 0 Å². The van der Waals surface area contributed by atoms with E-state index in [0.29, 0.717) is 10.6 Å². The second kappa shape index (κ2) is 12.2. The zero-order valence-electron chi connectivity index (χ0n) is 21.0. The fourth-order valence-corrected chi connectivity index (χ4v) is 4.34. The Balaban J connectivity index is 1.47. The number of hydroxylamine groups is 1. The van der Waals surface area contributed by atoms with Gasteiger partial charge in [0.1, 0.15) is 6.61 Å². The monoisotopic (exact) mass is 546 g/mol. The summed E-state index contributed by atoms with van der Waals surface area (Å²) in [5.41, 5.74) is 8.71. The van der Waals surface area contributed by atoms with Crippen LogP contribution in [0.3, 0.4) is 0 Å². The smallest absolute Gasteiger partial charge is 0.407 e. The van der Waals surface area contributed by atoms with Crippen molar-refractivity contribution >= 4 is 33.5 Å². The molecule has 4 aromatic rings. The van der Waals surface area contributed by atoms with Gasteiger partial charge in [0.15, 0.2) is 0 Å². The van der Waals surface area contributed by atoms with Gasteiger partial charge in [-0.15, -0.1) is 4.28 Å². The minimum absolute atomic E-state index is 0.0697. The van der Waals surface area contributed by atoms with E-state index in [1.807, 2.05) is 6.92 Å². The molecule has 0 aliphatic rings. The van der Waals surface area contributed by atoms with Crippen molar-refractivity contribution in [3.63, 3.8) is 0 Å². The number of hydrogen-bond donors (Lipinski definition) is 2. The number of pyridine rings is 1. The number of carbonyl (C=O) groups is 2. The lowest BCUT2D eigenvalue weighted by Crippen LogP contribution is -2.34. The lowest BCUT2D eigenvalue weighted by Gasteiger charge is -2.22. The van der Waals surface area contributed by atoms with Gasteiger partial charge < -0.3 is 15.8 Å². The van der Waals surface area contributed by atoms with Crippen LogP contribution in [-0.2, 0) is 32.3 Å². The molecule has 0 atom stereocenters. The first-order chi connectivity index (χ1) is 18.7. The first kappa shape index (κ1) is 27.3.